The van der Waals surface area contributed by atoms with Crippen molar-refractivity contribution >= 4 is 50.9 Å². The topological polar surface area (TPSA) is 83.3 Å². The number of rotatable bonds is 5. The summed E-state index contributed by atoms with van der Waals surface area (Å²) < 4.78 is 46.2. The van der Waals surface area contributed by atoms with Gasteiger partial charge in [0.15, 0.2) is 0 Å². The van der Waals surface area contributed by atoms with Crippen molar-refractivity contribution in [3.8, 4) is 6.07 Å². The molecule has 3 fully saturated rings. The highest BCUT2D eigenvalue weighted by Gasteiger charge is 2.73. The second-order valence-electron chi connectivity index (χ2n) is 11.4. The molecule has 3 saturated heterocycles. The Hall–Kier alpha value is -3.94. The molecule has 0 aliphatic carbocycles. The number of anilines is 1. The molecule has 2 bridgehead atoms. The number of carbonyl (C=O) groups is 2. The number of fused-ring (bicyclic) bond motifs is 7. The summed E-state index contributed by atoms with van der Waals surface area (Å²) in [4.78, 5) is 34.1. The number of nitrogens with zero attached hydrogens (tertiary/aromatic N) is 3. The van der Waals surface area contributed by atoms with Gasteiger partial charge in [0.1, 0.15) is 6.07 Å². The van der Waals surface area contributed by atoms with E-state index in [1.54, 1.807) is 12.1 Å². The summed E-state index contributed by atoms with van der Waals surface area (Å²) in [7, 11) is 0. The lowest BCUT2D eigenvalue weighted by atomic mass is 9.67. The van der Waals surface area contributed by atoms with Crippen LogP contribution in [0.1, 0.15) is 37.3 Å². The molecule has 10 heteroatoms. The molecule has 3 aliphatic rings. The second-order valence-corrected chi connectivity index (χ2v) is 12.5. The van der Waals surface area contributed by atoms with Crippen molar-refractivity contribution in [3.63, 3.8) is 0 Å². The Labute approximate surface area is 243 Å². The maximum absolute atomic E-state index is 14.1. The van der Waals surface area contributed by atoms with Crippen LogP contribution in [0.3, 0.4) is 0 Å². The first-order valence-electron chi connectivity index (χ1n) is 13.6. The van der Waals surface area contributed by atoms with E-state index in [1.165, 1.54) is 28.9 Å². The third-order valence-electron chi connectivity index (χ3n) is 9.08. The van der Waals surface area contributed by atoms with Gasteiger partial charge in [0.25, 0.3) is 0 Å². The summed E-state index contributed by atoms with van der Waals surface area (Å²) in [5, 5.41) is 12.2. The maximum Gasteiger partial charge on any atom is 0.416 e. The first kappa shape index (κ1) is 26.9. The van der Waals surface area contributed by atoms with E-state index in [4.69, 9.17) is 4.74 Å². The van der Waals surface area contributed by atoms with E-state index in [1.807, 2.05) is 37.3 Å². The summed E-state index contributed by atoms with van der Waals surface area (Å²) in [6.07, 6.45) is -1.23. The second kappa shape index (κ2) is 9.28. The molecule has 212 valence electrons. The van der Waals surface area contributed by atoms with Crippen LogP contribution in [0.2, 0.25) is 0 Å². The molecule has 42 heavy (non-hydrogen) atoms. The zero-order valence-corrected chi connectivity index (χ0v) is 23.3. The van der Waals surface area contributed by atoms with Crippen molar-refractivity contribution in [3.05, 3.63) is 78.0 Å². The highest BCUT2D eigenvalue weighted by Crippen LogP contribution is 2.62. The number of thioether (sulfide) groups is 1. The molecule has 4 unspecified atom stereocenters. The maximum atomic E-state index is 14.1. The lowest BCUT2D eigenvalue weighted by Gasteiger charge is -2.31. The molecule has 4 atom stereocenters. The van der Waals surface area contributed by atoms with E-state index in [9.17, 15) is 28.0 Å². The van der Waals surface area contributed by atoms with Crippen LogP contribution in [0.5, 0.6) is 0 Å². The van der Waals surface area contributed by atoms with Gasteiger partial charge in [0.2, 0.25) is 11.8 Å². The SMILES string of the molecule is CC12CCC(CCSc3ccnc4cc(C(F)(F)F)ccc34)(O1)C1C(=O)N(c3ccc4ccccc4c3C#N)C(=O)C12. The van der Waals surface area contributed by atoms with Gasteiger partial charge < -0.3 is 4.74 Å². The summed E-state index contributed by atoms with van der Waals surface area (Å²) in [5.74, 6) is -1.48. The number of imide groups is 1. The van der Waals surface area contributed by atoms with Gasteiger partial charge in [-0.1, -0.05) is 36.4 Å². The van der Waals surface area contributed by atoms with Crippen LogP contribution in [0.15, 0.2) is 71.8 Å². The van der Waals surface area contributed by atoms with Crippen LogP contribution >= 0.6 is 11.8 Å². The van der Waals surface area contributed by atoms with Crippen LogP contribution in [0, 0.1) is 23.2 Å². The number of benzene rings is 3. The van der Waals surface area contributed by atoms with Crippen LogP contribution in [-0.4, -0.2) is 33.8 Å². The van der Waals surface area contributed by atoms with Crippen molar-refractivity contribution in [2.75, 3.05) is 10.7 Å². The first-order chi connectivity index (χ1) is 20.1. The largest absolute Gasteiger partial charge is 0.416 e. The zero-order chi connectivity index (χ0) is 29.4. The van der Waals surface area contributed by atoms with Gasteiger partial charge in [-0.3, -0.25) is 14.6 Å². The fourth-order valence-electron chi connectivity index (χ4n) is 7.17. The van der Waals surface area contributed by atoms with E-state index < -0.39 is 34.8 Å². The van der Waals surface area contributed by atoms with Gasteiger partial charge in [-0.15, -0.1) is 11.8 Å². The number of hydrogen-bond acceptors (Lipinski definition) is 6. The predicted octanol–water partition coefficient (Wildman–Crippen LogP) is 6.89. The number of aromatic nitrogens is 1. The average molecular weight is 588 g/mol. The number of halogens is 3. The Balaban J connectivity index is 1.17. The lowest BCUT2D eigenvalue weighted by molar-refractivity contribution is -0.137. The van der Waals surface area contributed by atoms with Crippen LogP contribution < -0.4 is 4.90 Å². The van der Waals surface area contributed by atoms with Gasteiger partial charge in [0.05, 0.1) is 45.4 Å². The zero-order valence-electron chi connectivity index (χ0n) is 22.4. The lowest BCUT2D eigenvalue weighted by Crippen LogP contribution is -2.42. The molecule has 0 spiro atoms. The summed E-state index contributed by atoms with van der Waals surface area (Å²) in [6, 6.07) is 18.4. The first-order valence-corrected chi connectivity index (χ1v) is 14.6. The number of pyridine rings is 1. The molecule has 3 aromatic carbocycles. The molecule has 0 saturated carbocycles. The quantitative estimate of drug-likeness (QED) is 0.187. The highest BCUT2D eigenvalue weighted by atomic mass is 32.2. The average Bonchev–Trinajstić information content (AvgIpc) is 3.55. The smallest absolute Gasteiger partial charge is 0.367 e. The van der Waals surface area contributed by atoms with E-state index >= 15 is 0 Å². The fraction of sp³-hybridized carbons (Fsp3) is 0.312. The number of hydrogen-bond donors (Lipinski definition) is 0. The number of nitriles is 1. The number of alkyl halides is 3. The number of amides is 2. The molecule has 2 amide bonds. The molecule has 0 radical (unpaired) electrons. The summed E-state index contributed by atoms with van der Waals surface area (Å²) in [5.41, 5.74) is -1.54. The Kier molecular flexibility index (Phi) is 5.95. The van der Waals surface area contributed by atoms with Gasteiger partial charge in [-0.2, -0.15) is 18.4 Å². The number of carbonyl (C=O) groups excluding carboxylic acids is 2. The molecule has 0 N–H and O–H groups in total. The van der Waals surface area contributed by atoms with Crippen molar-refractivity contribution in [2.24, 2.45) is 11.8 Å². The van der Waals surface area contributed by atoms with Crippen LogP contribution in [0.25, 0.3) is 21.7 Å². The van der Waals surface area contributed by atoms with E-state index in [2.05, 4.69) is 11.1 Å². The van der Waals surface area contributed by atoms with Gasteiger partial charge in [-0.05, 0) is 55.8 Å². The molecule has 7 rings (SSSR count). The van der Waals surface area contributed by atoms with Crippen molar-refractivity contribution in [1.29, 1.82) is 5.26 Å². The molecule has 6 nitrogen and oxygen atoms in total. The van der Waals surface area contributed by atoms with Crippen molar-refractivity contribution in [2.45, 2.75) is 48.5 Å². The minimum absolute atomic E-state index is 0.259. The Morgan fingerprint density at radius 2 is 1.83 bits per heavy atom. The minimum atomic E-state index is -4.45. The van der Waals surface area contributed by atoms with Crippen LogP contribution in [0.4, 0.5) is 18.9 Å². The Bertz CT molecular complexity index is 1850. The fourth-order valence-corrected chi connectivity index (χ4v) is 8.32. The van der Waals surface area contributed by atoms with E-state index in [-0.39, 0.29) is 22.9 Å². The molecular weight excluding hydrogens is 563 g/mol. The molecular formula is C32H24F3N3O3S. The van der Waals surface area contributed by atoms with Gasteiger partial charge in [-0.25, -0.2) is 4.90 Å². The van der Waals surface area contributed by atoms with Crippen molar-refractivity contribution in [1.82, 2.24) is 4.98 Å². The minimum Gasteiger partial charge on any atom is -0.367 e. The van der Waals surface area contributed by atoms with Crippen molar-refractivity contribution < 1.29 is 27.5 Å². The van der Waals surface area contributed by atoms with Gasteiger partial charge >= 0.3 is 6.18 Å². The summed E-state index contributed by atoms with van der Waals surface area (Å²) in [6.45, 7) is 1.89. The third-order valence-corrected chi connectivity index (χ3v) is 10.2. The monoisotopic (exact) mass is 587 g/mol. The van der Waals surface area contributed by atoms with E-state index in [0.29, 0.717) is 41.5 Å². The molecule has 4 aromatic rings. The van der Waals surface area contributed by atoms with Crippen LogP contribution in [-0.2, 0) is 20.5 Å². The summed E-state index contributed by atoms with van der Waals surface area (Å²) >= 11 is 1.47. The van der Waals surface area contributed by atoms with E-state index in [0.717, 1.165) is 22.4 Å². The third kappa shape index (κ3) is 3.87. The number of ether oxygens (including phenoxy) is 1. The van der Waals surface area contributed by atoms with Gasteiger partial charge in [0, 0.05) is 27.6 Å². The normalized spacial score (nSPS) is 26.8. The Morgan fingerprint density at radius 3 is 2.62 bits per heavy atom. The molecule has 3 aliphatic heterocycles. The molecule has 4 heterocycles. The molecule has 1 aromatic heterocycles. The standard InChI is InChI=1S/C32H24F3N3O3S/c1-30-11-12-31(41-30,13-15-42-25-10-14-37-23-16-19(32(33,34)35)7-8-21(23)25)27-26(30)28(39)38(29(27)40)24-9-6-18-4-2-3-5-20(18)22(24)17-36/h2-10,14,16,26-27H,11-13,15H2,1H3. The Morgan fingerprint density at radius 1 is 1.05 bits per heavy atom. The highest BCUT2D eigenvalue weighted by molar-refractivity contribution is 7.99. The predicted molar refractivity (Wildman–Crippen MR) is 152 cm³/mol.